The minimum atomic E-state index is -0.780. The van der Waals surface area contributed by atoms with Gasteiger partial charge < -0.3 is 19.6 Å². The Hall–Kier alpha value is -5.43. The van der Waals surface area contributed by atoms with Gasteiger partial charge in [0.05, 0.1) is 23.6 Å². The summed E-state index contributed by atoms with van der Waals surface area (Å²) in [6.07, 6.45) is 4.76. The third-order valence-electron chi connectivity index (χ3n) is 9.47. The Labute approximate surface area is 280 Å². The van der Waals surface area contributed by atoms with Gasteiger partial charge in [0.1, 0.15) is 41.5 Å². The van der Waals surface area contributed by atoms with Crippen LogP contribution in [0.25, 0.3) is 38.8 Å². The van der Waals surface area contributed by atoms with Gasteiger partial charge in [-0.15, -0.1) is 0 Å². The molecule has 2 aliphatic heterocycles. The van der Waals surface area contributed by atoms with Gasteiger partial charge in [-0.1, -0.05) is 24.3 Å². The number of aliphatic hydroxyl groups excluding tert-OH is 1. The van der Waals surface area contributed by atoms with Gasteiger partial charge in [-0.25, -0.2) is 23.4 Å². The number of aryl methyl sites for hydroxylation is 2. The first-order chi connectivity index (χ1) is 23.9. The summed E-state index contributed by atoms with van der Waals surface area (Å²) in [7, 11) is 1.95. The van der Waals surface area contributed by atoms with E-state index in [-0.39, 0.29) is 24.3 Å². The highest BCUT2D eigenvalue weighted by molar-refractivity contribution is 5.97. The van der Waals surface area contributed by atoms with Crippen LogP contribution in [0, 0.1) is 11.6 Å². The van der Waals surface area contributed by atoms with E-state index in [0.717, 1.165) is 39.9 Å². The lowest BCUT2D eigenvalue weighted by molar-refractivity contribution is -0.132. The summed E-state index contributed by atoms with van der Waals surface area (Å²) < 4.78 is 38.4. The molecule has 13 heteroatoms. The van der Waals surface area contributed by atoms with Gasteiger partial charge in [-0.05, 0) is 60.7 Å². The number of carbonyl (C=O) groups is 1. The van der Waals surface area contributed by atoms with Crippen LogP contribution in [0.5, 0.6) is 5.75 Å². The van der Waals surface area contributed by atoms with E-state index < -0.39 is 17.7 Å². The number of benzene rings is 3. The van der Waals surface area contributed by atoms with Crippen molar-refractivity contribution in [3.63, 3.8) is 0 Å². The largest absolute Gasteiger partial charge is 0.488 e. The summed E-state index contributed by atoms with van der Waals surface area (Å²) >= 11 is 0. The number of hydrogen-bond donors (Lipinski definition) is 1. The summed E-state index contributed by atoms with van der Waals surface area (Å²) in [5, 5.41) is 20.5. The average molecular weight is 665 g/mol. The Morgan fingerprint density at radius 1 is 1.06 bits per heavy atom. The van der Waals surface area contributed by atoms with Crippen LogP contribution in [0.4, 0.5) is 14.6 Å². The van der Waals surface area contributed by atoms with Crippen LogP contribution in [-0.2, 0) is 18.3 Å². The topological polar surface area (TPSA) is 114 Å². The summed E-state index contributed by atoms with van der Waals surface area (Å²) in [6.45, 7) is 1.18. The molecule has 49 heavy (non-hydrogen) atoms. The van der Waals surface area contributed by atoms with Crippen molar-refractivity contribution in [1.29, 1.82) is 0 Å². The van der Waals surface area contributed by atoms with E-state index in [1.807, 2.05) is 51.9 Å². The van der Waals surface area contributed by atoms with E-state index in [2.05, 4.69) is 27.2 Å². The molecule has 0 radical (unpaired) electrons. The minimum absolute atomic E-state index is 0.0408. The van der Waals surface area contributed by atoms with E-state index in [9.17, 15) is 18.7 Å². The first kappa shape index (κ1) is 30.9. The zero-order valence-corrected chi connectivity index (χ0v) is 26.8. The van der Waals surface area contributed by atoms with Crippen LogP contribution < -0.4 is 9.64 Å². The number of carbonyl (C=O) groups excluding carboxylic acids is 1. The van der Waals surface area contributed by atoms with Gasteiger partial charge in [0.2, 0.25) is 5.91 Å². The fraction of sp³-hybridized carbons (Fsp3) is 0.306. The molecule has 1 fully saturated rings. The second kappa shape index (κ2) is 12.5. The molecule has 8 rings (SSSR count). The van der Waals surface area contributed by atoms with E-state index in [4.69, 9.17) is 9.84 Å². The molecule has 1 saturated heterocycles. The fourth-order valence-corrected chi connectivity index (χ4v) is 7.25. The van der Waals surface area contributed by atoms with Gasteiger partial charge in [-0.3, -0.25) is 9.48 Å². The number of fused-ring (bicyclic) bond motifs is 6. The lowest BCUT2D eigenvalue weighted by Crippen LogP contribution is -2.47. The molecule has 11 nitrogen and oxygen atoms in total. The molecule has 3 aromatic carbocycles. The number of hydrogen-bond acceptors (Lipinski definition) is 8. The predicted molar refractivity (Wildman–Crippen MR) is 179 cm³/mol. The first-order valence-electron chi connectivity index (χ1n) is 16.4. The first-order valence-corrected chi connectivity index (χ1v) is 16.4. The normalized spacial score (nSPS) is 18.2. The zero-order valence-electron chi connectivity index (χ0n) is 26.8. The summed E-state index contributed by atoms with van der Waals surface area (Å²) in [6, 6.07) is 16.8. The monoisotopic (exact) mass is 664 g/mol. The maximum Gasteiger partial charge on any atom is 0.245 e. The maximum absolute atomic E-state index is 14.8. The Bertz CT molecular complexity index is 2200. The molecule has 1 N–H and O–H groups in total. The Morgan fingerprint density at radius 3 is 2.80 bits per heavy atom. The molecule has 0 unspecified atom stereocenters. The number of aliphatic hydroxyl groups is 1. The Morgan fingerprint density at radius 2 is 1.94 bits per heavy atom. The number of nitrogens with zero attached hydrogens (tertiary/aromatic N) is 8. The zero-order chi connectivity index (χ0) is 33.6. The smallest absolute Gasteiger partial charge is 0.245 e. The number of aromatic nitrogens is 6. The molecule has 2 aliphatic rings. The molecule has 0 saturated carbocycles. The van der Waals surface area contributed by atoms with Gasteiger partial charge in [0.15, 0.2) is 11.5 Å². The van der Waals surface area contributed by atoms with Crippen molar-refractivity contribution in [2.45, 2.75) is 37.8 Å². The van der Waals surface area contributed by atoms with E-state index in [1.165, 1.54) is 23.3 Å². The minimum Gasteiger partial charge on any atom is -0.488 e. The van der Waals surface area contributed by atoms with Gasteiger partial charge >= 0.3 is 0 Å². The average Bonchev–Trinajstić information content (AvgIpc) is 3.81. The van der Waals surface area contributed by atoms with Crippen molar-refractivity contribution in [3.8, 4) is 22.6 Å². The molecule has 0 spiro atoms. The molecular weight excluding hydrogens is 630 g/mol. The summed E-state index contributed by atoms with van der Waals surface area (Å²) in [4.78, 5) is 27.3. The molecule has 5 heterocycles. The quantitative estimate of drug-likeness (QED) is 0.279. The lowest BCUT2D eigenvalue weighted by Gasteiger charge is -2.31. The van der Waals surface area contributed by atoms with Gasteiger partial charge in [0, 0.05) is 50.3 Å². The van der Waals surface area contributed by atoms with Gasteiger partial charge in [0.25, 0.3) is 0 Å². The third-order valence-corrected chi connectivity index (χ3v) is 9.47. The van der Waals surface area contributed by atoms with Crippen molar-refractivity contribution >= 4 is 33.7 Å². The van der Waals surface area contributed by atoms with E-state index in [1.54, 1.807) is 0 Å². The van der Waals surface area contributed by atoms with Crippen molar-refractivity contribution in [3.05, 3.63) is 90.5 Å². The number of anilines is 1. The van der Waals surface area contributed by atoms with E-state index >= 15 is 0 Å². The van der Waals surface area contributed by atoms with Crippen molar-refractivity contribution in [1.82, 2.24) is 34.4 Å². The molecule has 3 aromatic heterocycles. The van der Waals surface area contributed by atoms with Crippen molar-refractivity contribution < 1.29 is 23.4 Å². The van der Waals surface area contributed by atoms with E-state index in [0.29, 0.717) is 67.9 Å². The Balaban J connectivity index is 1.21. The standard InChI is InChI=1S/C36H34F2N8O3/c1-43-31-10-4-13-44(14-5-15-47)36(48)32-18-25(49-24-7-2-6-22(16-24)26-8-3-9-29(42-43)33(26)31)20-45(32)34-27-19-41-46(35(27)40-21-39-34)30-12-11-23(37)17-28(30)38/h2-3,6-9,11-12,16-17,19,21,25,32,47H,4-5,10,13-15,18,20H2,1H3/t25-,32-/m0/s1. The lowest BCUT2D eigenvalue weighted by atomic mass is 9.98. The SMILES string of the molecule is Cn1nc2cccc3c2c1CCCN(CCCO)C(=O)[C@@H]1C[C@@H](CN1c1ncnc2c1cnn2-c1ccc(F)cc1F)Oc1cccc-3c1. The van der Waals surface area contributed by atoms with Crippen LogP contribution in [0.2, 0.25) is 0 Å². The van der Waals surface area contributed by atoms with Crippen LogP contribution in [0.1, 0.15) is 25.0 Å². The highest BCUT2D eigenvalue weighted by atomic mass is 19.1. The summed E-state index contributed by atoms with van der Waals surface area (Å²) in [5.74, 6) is -0.430. The maximum atomic E-state index is 14.8. The second-order valence-electron chi connectivity index (χ2n) is 12.5. The summed E-state index contributed by atoms with van der Waals surface area (Å²) in [5.41, 5.74) is 4.44. The second-order valence-corrected chi connectivity index (χ2v) is 12.5. The van der Waals surface area contributed by atoms with Gasteiger partial charge in [-0.2, -0.15) is 10.2 Å². The predicted octanol–water partition coefficient (Wildman–Crippen LogP) is 4.83. The number of ether oxygens (including phenoxy) is 1. The van der Waals surface area contributed by atoms with Crippen LogP contribution >= 0.6 is 0 Å². The number of amides is 1. The highest BCUT2D eigenvalue weighted by Crippen LogP contribution is 2.36. The third kappa shape index (κ3) is 5.53. The molecule has 2 atom stereocenters. The van der Waals surface area contributed by atoms with Crippen molar-refractivity contribution in [2.75, 3.05) is 31.1 Å². The number of rotatable bonds is 5. The van der Waals surface area contributed by atoms with Crippen molar-refractivity contribution in [2.24, 2.45) is 7.05 Å². The molecule has 1 amide bonds. The molecule has 250 valence electrons. The fourth-order valence-electron chi connectivity index (χ4n) is 7.25. The number of halogens is 2. The molecule has 4 bridgehead atoms. The Kier molecular flexibility index (Phi) is 7.91. The van der Waals surface area contributed by atoms with Crippen LogP contribution in [0.3, 0.4) is 0 Å². The molecule has 0 aliphatic carbocycles. The molecular formula is C36H34F2N8O3. The highest BCUT2D eigenvalue weighted by Gasteiger charge is 2.42. The van der Waals surface area contributed by atoms with Crippen LogP contribution in [-0.4, -0.2) is 83.8 Å². The van der Waals surface area contributed by atoms with Crippen LogP contribution in [0.15, 0.2) is 73.2 Å². The molecule has 6 aromatic rings.